The van der Waals surface area contributed by atoms with Gasteiger partial charge in [-0.1, -0.05) is 18.3 Å². The molecule has 1 saturated heterocycles. The Kier molecular flexibility index (Phi) is 4.73. The topological polar surface area (TPSA) is 38.5 Å². The van der Waals surface area contributed by atoms with Crippen LogP contribution in [0.25, 0.3) is 0 Å². The Morgan fingerprint density at radius 2 is 2.30 bits per heavy atom. The number of methoxy groups -OCH3 is 1. The third kappa shape index (κ3) is 3.53. The Bertz CT molecular complexity index is 509. The first-order valence-corrected chi connectivity index (χ1v) is 7.20. The molecule has 1 atom stereocenters. The van der Waals surface area contributed by atoms with Crippen molar-refractivity contribution >= 4 is 17.2 Å². The highest BCUT2D eigenvalue weighted by Gasteiger charge is 2.30. The van der Waals surface area contributed by atoms with Crippen LogP contribution in [0.3, 0.4) is 0 Å². The molecular formula is C15H21FN2OS. The van der Waals surface area contributed by atoms with E-state index in [9.17, 15) is 4.39 Å². The molecule has 20 heavy (non-hydrogen) atoms. The zero-order valence-corrected chi connectivity index (χ0v) is 12.8. The molecule has 2 rings (SSSR count). The van der Waals surface area contributed by atoms with Gasteiger partial charge in [-0.3, -0.25) is 4.90 Å². The molecule has 1 heterocycles. The van der Waals surface area contributed by atoms with Gasteiger partial charge in [0.15, 0.2) is 0 Å². The Hall–Kier alpha value is -1.04. The fourth-order valence-electron chi connectivity index (χ4n) is 2.77. The second-order valence-corrected chi connectivity index (χ2v) is 6.07. The van der Waals surface area contributed by atoms with Crippen LogP contribution >= 0.6 is 12.2 Å². The summed E-state index contributed by atoms with van der Waals surface area (Å²) in [5.41, 5.74) is 7.18. The highest BCUT2D eigenvalue weighted by molar-refractivity contribution is 7.80. The standard InChI is InChI=1S/C15H21FN2OS/c1-15(19-2)6-3-7-18(10-15)9-11-4-5-12(16)8-13(11)14(17)20/h4-5,8H,3,6-7,9-10H2,1-2H3,(H2,17,20). The molecule has 2 N–H and O–H groups in total. The summed E-state index contributed by atoms with van der Waals surface area (Å²) in [7, 11) is 1.75. The molecule has 1 unspecified atom stereocenters. The van der Waals surface area contributed by atoms with Crippen molar-refractivity contribution in [2.45, 2.75) is 31.9 Å². The van der Waals surface area contributed by atoms with Crippen LogP contribution in [0, 0.1) is 5.82 Å². The van der Waals surface area contributed by atoms with Crippen molar-refractivity contribution in [3.8, 4) is 0 Å². The number of likely N-dealkylation sites (tertiary alicyclic amines) is 1. The molecule has 0 aromatic heterocycles. The van der Waals surface area contributed by atoms with Gasteiger partial charge in [-0.05, 0) is 44.0 Å². The van der Waals surface area contributed by atoms with Gasteiger partial charge in [0.05, 0.1) is 5.60 Å². The maximum Gasteiger partial charge on any atom is 0.123 e. The normalized spacial score (nSPS) is 23.8. The highest BCUT2D eigenvalue weighted by Crippen LogP contribution is 2.25. The average molecular weight is 296 g/mol. The lowest BCUT2D eigenvalue weighted by atomic mass is 9.94. The number of nitrogens with zero attached hydrogens (tertiary/aromatic N) is 1. The third-order valence-electron chi connectivity index (χ3n) is 3.96. The molecule has 1 fully saturated rings. The van der Waals surface area contributed by atoms with Crippen molar-refractivity contribution in [2.75, 3.05) is 20.2 Å². The minimum absolute atomic E-state index is 0.109. The van der Waals surface area contributed by atoms with Gasteiger partial charge in [-0.2, -0.15) is 0 Å². The molecule has 3 nitrogen and oxygen atoms in total. The van der Waals surface area contributed by atoms with Crippen LogP contribution in [-0.2, 0) is 11.3 Å². The van der Waals surface area contributed by atoms with Gasteiger partial charge in [0.1, 0.15) is 10.8 Å². The molecule has 1 aliphatic heterocycles. The minimum Gasteiger partial charge on any atom is -0.389 e. The summed E-state index contributed by atoms with van der Waals surface area (Å²) in [5, 5.41) is 0. The van der Waals surface area contributed by atoms with Crippen molar-refractivity contribution in [3.05, 3.63) is 35.1 Å². The number of hydrogen-bond donors (Lipinski definition) is 1. The Morgan fingerprint density at radius 3 is 2.95 bits per heavy atom. The van der Waals surface area contributed by atoms with Gasteiger partial charge in [0.2, 0.25) is 0 Å². The molecule has 0 bridgehead atoms. The number of rotatable bonds is 4. The van der Waals surface area contributed by atoms with Crippen molar-refractivity contribution in [2.24, 2.45) is 5.73 Å². The van der Waals surface area contributed by atoms with Gasteiger partial charge in [0.25, 0.3) is 0 Å². The molecule has 110 valence electrons. The van der Waals surface area contributed by atoms with E-state index in [0.717, 1.165) is 31.5 Å². The van der Waals surface area contributed by atoms with E-state index >= 15 is 0 Å². The molecule has 1 aromatic carbocycles. The zero-order chi connectivity index (χ0) is 14.8. The second-order valence-electron chi connectivity index (χ2n) is 5.63. The minimum atomic E-state index is -0.308. The zero-order valence-electron chi connectivity index (χ0n) is 12.0. The molecule has 0 aliphatic carbocycles. The highest BCUT2D eigenvalue weighted by atomic mass is 32.1. The predicted octanol–water partition coefficient (Wildman–Crippen LogP) is 2.46. The summed E-state index contributed by atoms with van der Waals surface area (Å²) >= 11 is 5.01. The van der Waals surface area contributed by atoms with E-state index in [1.54, 1.807) is 13.2 Å². The number of benzene rings is 1. The maximum atomic E-state index is 13.3. The van der Waals surface area contributed by atoms with E-state index in [2.05, 4.69) is 11.8 Å². The fraction of sp³-hybridized carbons (Fsp3) is 0.533. The Labute approximate surface area is 124 Å². The fourth-order valence-corrected chi connectivity index (χ4v) is 2.96. The van der Waals surface area contributed by atoms with Crippen LogP contribution in [-0.4, -0.2) is 35.7 Å². The molecule has 0 amide bonds. The summed E-state index contributed by atoms with van der Waals surface area (Å²) in [6.07, 6.45) is 2.15. The summed E-state index contributed by atoms with van der Waals surface area (Å²) in [6.45, 7) is 4.70. The second kappa shape index (κ2) is 6.16. The molecular weight excluding hydrogens is 275 g/mol. The molecule has 0 radical (unpaired) electrons. The van der Waals surface area contributed by atoms with Gasteiger partial charge in [0, 0.05) is 25.8 Å². The van der Waals surface area contributed by atoms with E-state index in [-0.39, 0.29) is 16.4 Å². The lowest BCUT2D eigenvalue weighted by Crippen LogP contribution is -2.47. The summed E-state index contributed by atoms with van der Waals surface area (Å²) in [4.78, 5) is 2.55. The largest absolute Gasteiger partial charge is 0.389 e. The average Bonchev–Trinajstić information content (AvgIpc) is 2.41. The van der Waals surface area contributed by atoms with E-state index in [0.29, 0.717) is 12.1 Å². The van der Waals surface area contributed by atoms with Crippen LogP contribution in [0.5, 0.6) is 0 Å². The summed E-state index contributed by atoms with van der Waals surface area (Å²) < 4.78 is 18.9. The summed E-state index contributed by atoms with van der Waals surface area (Å²) in [6, 6.07) is 4.64. The summed E-state index contributed by atoms with van der Waals surface area (Å²) in [5.74, 6) is -0.308. The Morgan fingerprint density at radius 1 is 1.55 bits per heavy atom. The first-order chi connectivity index (χ1) is 9.43. The lowest BCUT2D eigenvalue weighted by Gasteiger charge is -2.39. The van der Waals surface area contributed by atoms with E-state index in [1.807, 2.05) is 0 Å². The Balaban J connectivity index is 2.16. The number of hydrogen-bond acceptors (Lipinski definition) is 3. The number of ether oxygens (including phenoxy) is 1. The third-order valence-corrected chi connectivity index (χ3v) is 4.18. The number of halogens is 1. The van der Waals surface area contributed by atoms with Crippen molar-refractivity contribution in [1.29, 1.82) is 0 Å². The van der Waals surface area contributed by atoms with Crippen LogP contribution in [0.4, 0.5) is 4.39 Å². The first-order valence-electron chi connectivity index (χ1n) is 6.79. The predicted molar refractivity (Wildman–Crippen MR) is 82.2 cm³/mol. The van der Waals surface area contributed by atoms with Crippen molar-refractivity contribution < 1.29 is 9.13 Å². The van der Waals surface area contributed by atoms with Gasteiger partial charge in [-0.25, -0.2) is 4.39 Å². The number of thiocarbonyl (C=S) groups is 1. The molecule has 1 aliphatic rings. The smallest absolute Gasteiger partial charge is 0.123 e. The van der Waals surface area contributed by atoms with Crippen LogP contribution in [0.15, 0.2) is 18.2 Å². The first kappa shape index (κ1) is 15.4. The lowest BCUT2D eigenvalue weighted by molar-refractivity contribution is -0.0527. The van der Waals surface area contributed by atoms with Gasteiger partial charge < -0.3 is 10.5 Å². The van der Waals surface area contributed by atoms with Gasteiger partial charge in [-0.15, -0.1) is 0 Å². The van der Waals surface area contributed by atoms with Gasteiger partial charge >= 0.3 is 0 Å². The van der Waals surface area contributed by atoms with E-state index < -0.39 is 0 Å². The van der Waals surface area contributed by atoms with Crippen molar-refractivity contribution in [3.63, 3.8) is 0 Å². The monoisotopic (exact) mass is 296 g/mol. The molecule has 5 heteroatoms. The molecule has 0 spiro atoms. The quantitative estimate of drug-likeness (QED) is 0.866. The molecule has 1 aromatic rings. The SMILES string of the molecule is COC1(C)CCCN(Cc2ccc(F)cc2C(N)=S)C1. The van der Waals surface area contributed by atoms with Crippen LogP contribution < -0.4 is 5.73 Å². The van der Waals surface area contributed by atoms with Crippen LogP contribution in [0.2, 0.25) is 0 Å². The van der Waals surface area contributed by atoms with Crippen molar-refractivity contribution in [1.82, 2.24) is 4.90 Å². The molecule has 0 saturated carbocycles. The van der Waals surface area contributed by atoms with Crippen LogP contribution in [0.1, 0.15) is 30.9 Å². The number of nitrogens with two attached hydrogens (primary N) is 1. The number of piperidine rings is 1. The maximum absolute atomic E-state index is 13.3. The van der Waals surface area contributed by atoms with E-state index in [1.165, 1.54) is 12.1 Å². The van der Waals surface area contributed by atoms with E-state index in [4.69, 9.17) is 22.7 Å².